The molecular formula is C28H27F3N6O2. The quantitative estimate of drug-likeness (QED) is 0.400. The maximum Gasteiger partial charge on any atom is 0.416 e. The Morgan fingerprint density at radius 3 is 2.38 bits per heavy atom. The van der Waals surface area contributed by atoms with Gasteiger partial charge in [-0.2, -0.15) is 18.4 Å². The summed E-state index contributed by atoms with van der Waals surface area (Å²) in [6.45, 7) is 1.61. The van der Waals surface area contributed by atoms with Crippen LogP contribution in [0.5, 0.6) is 0 Å². The molecule has 202 valence electrons. The van der Waals surface area contributed by atoms with Crippen LogP contribution < -0.4 is 10.9 Å². The van der Waals surface area contributed by atoms with Gasteiger partial charge in [0.25, 0.3) is 11.5 Å². The number of carbonyl (C=O) groups excluding carboxylic acids is 1. The molecule has 1 N–H and O–H groups in total. The third-order valence-electron chi connectivity index (χ3n) is 6.69. The second-order valence-electron chi connectivity index (χ2n) is 9.23. The van der Waals surface area contributed by atoms with Gasteiger partial charge < -0.3 is 9.88 Å². The Labute approximate surface area is 222 Å². The highest BCUT2D eigenvalue weighted by molar-refractivity contribution is 5.95. The van der Waals surface area contributed by atoms with E-state index in [-0.39, 0.29) is 17.3 Å². The van der Waals surface area contributed by atoms with E-state index in [1.54, 1.807) is 38.6 Å². The average molecular weight is 537 g/mol. The van der Waals surface area contributed by atoms with Crippen LogP contribution in [0.1, 0.15) is 52.9 Å². The zero-order chi connectivity index (χ0) is 28.2. The lowest BCUT2D eigenvalue weighted by atomic mass is 10.2. The van der Waals surface area contributed by atoms with Crippen LogP contribution in [-0.4, -0.2) is 30.9 Å². The van der Waals surface area contributed by atoms with Gasteiger partial charge in [0.2, 0.25) is 0 Å². The van der Waals surface area contributed by atoms with Crippen molar-refractivity contribution in [2.45, 2.75) is 44.8 Å². The molecule has 0 unspecified atom stereocenters. The van der Waals surface area contributed by atoms with Gasteiger partial charge >= 0.3 is 6.18 Å². The number of aromatic nitrogens is 4. The minimum absolute atomic E-state index is 0.0307. The number of hydrogen-bond donors (Lipinski definition) is 1. The van der Waals surface area contributed by atoms with Crippen molar-refractivity contribution in [2.75, 3.05) is 0 Å². The number of carbonyl (C=O) groups is 1. The van der Waals surface area contributed by atoms with Crippen molar-refractivity contribution in [3.05, 3.63) is 100.0 Å². The Hall–Kier alpha value is -4.59. The van der Waals surface area contributed by atoms with Crippen molar-refractivity contribution < 1.29 is 18.0 Å². The fourth-order valence-corrected chi connectivity index (χ4v) is 4.52. The maximum absolute atomic E-state index is 13.0. The van der Waals surface area contributed by atoms with Gasteiger partial charge in [-0.05, 0) is 62.2 Å². The predicted octanol–water partition coefficient (Wildman–Crippen LogP) is 4.92. The van der Waals surface area contributed by atoms with Crippen LogP contribution in [0.4, 0.5) is 13.2 Å². The SMILES string of the molecule is Cc1c(C(=O)NC2CCCC2)c(=O)n(-c2cccc(C(F)(F)F)c2)n1C.N#Cc1ccc(-n2ccnc2)cc1. The number of nitrogens with one attached hydrogen (secondary N) is 1. The summed E-state index contributed by atoms with van der Waals surface area (Å²) in [5.74, 6) is -0.472. The molecule has 5 rings (SSSR count). The van der Waals surface area contributed by atoms with Crippen molar-refractivity contribution >= 4 is 5.91 Å². The summed E-state index contributed by atoms with van der Waals surface area (Å²) in [6, 6.07) is 14.0. The third-order valence-corrected chi connectivity index (χ3v) is 6.69. The molecule has 39 heavy (non-hydrogen) atoms. The molecule has 1 aliphatic carbocycles. The van der Waals surface area contributed by atoms with Gasteiger partial charge in [0.05, 0.1) is 34.9 Å². The zero-order valence-electron chi connectivity index (χ0n) is 21.4. The van der Waals surface area contributed by atoms with E-state index in [9.17, 15) is 22.8 Å². The maximum atomic E-state index is 13.0. The first-order valence-corrected chi connectivity index (χ1v) is 12.4. The number of halogens is 3. The third kappa shape index (κ3) is 6.12. The van der Waals surface area contributed by atoms with E-state index in [1.807, 2.05) is 22.9 Å². The van der Waals surface area contributed by atoms with Gasteiger partial charge in [-0.25, -0.2) is 9.67 Å². The molecule has 11 heteroatoms. The lowest BCUT2D eigenvalue weighted by molar-refractivity contribution is -0.137. The van der Waals surface area contributed by atoms with Gasteiger partial charge in [-0.15, -0.1) is 0 Å². The van der Waals surface area contributed by atoms with E-state index < -0.39 is 23.2 Å². The fraction of sp³-hybridized carbons (Fsp3) is 0.286. The summed E-state index contributed by atoms with van der Waals surface area (Å²) in [7, 11) is 1.54. The zero-order valence-corrected chi connectivity index (χ0v) is 21.4. The first-order chi connectivity index (χ1) is 18.6. The molecule has 2 aromatic carbocycles. The summed E-state index contributed by atoms with van der Waals surface area (Å²) in [4.78, 5) is 29.3. The minimum atomic E-state index is -4.51. The van der Waals surface area contributed by atoms with Crippen molar-refractivity contribution in [1.29, 1.82) is 5.26 Å². The van der Waals surface area contributed by atoms with Crippen LogP contribution in [0.3, 0.4) is 0 Å². The monoisotopic (exact) mass is 536 g/mol. The van der Waals surface area contributed by atoms with Crippen molar-refractivity contribution in [3.8, 4) is 17.4 Å². The normalized spacial score (nSPS) is 13.4. The Balaban J connectivity index is 0.000000226. The Morgan fingerprint density at radius 2 is 1.79 bits per heavy atom. The van der Waals surface area contributed by atoms with Crippen molar-refractivity contribution in [2.24, 2.45) is 7.05 Å². The molecule has 1 amide bonds. The van der Waals surface area contributed by atoms with Gasteiger partial charge in [-0.3, -0.25) is 14.3 Å². The van der Waals surface area contributed by atoms with Crippen molar-refractivity contribution in [1.82, 2.24) is 24.2 Å². The van der Waals surface area contributed by atoms with E-state index in [4.69, 9.17) is 5.26 Å². The summed E-state index contributed by atoms with van der Waals surface area (Å²) in [5, 5.41) is 11.4. The lowest BCUT2D eigenvalue weighted by Crippen LogP contribution is -2.36. The van der Waals surface area contributed by atoms with Crippen LogP contribution in [0.15, 0.2) is 72.0 Å². The second-order valence-corrected chi connectivity index (χ2v) is 9.23. The molecule has 2 aromatic heterocycles. The smallest absolute Gasteiger partial charge is 0.349 e. The molecule has 0 bridgehead atoms. The van der Waals surface area contributed by atoms with E-state index in [2.05, 4.69) is 16.4 Å². The largest absolute Gasteiger partial charge is 0.416 e. The van der Waals surface area contributed by atoms with E-state index in [0.29, 0.717) is 11.3 Å². The Kier molecular flexibility index (Phi) is 8.04. The van der Waals surface area contributed by atoms with Crippen molar-refractivity contribution in [3.63, 3.8) is 0 Å². The number of benzene rings is 2. The fourth-order valence-electron chi connectivity index (χ4n) is 4.52. The molecule has 0 aliphatic heterocycles. The molecule has 2 heterocycles. The minimum Gasteiger partial charge on any atom is -0.349 e. The van der Waals surface area contributed by atoms with Crippen LogP contribution in [0, 0.1) is 18.3 Å². The van der Waals surface area contributed by atoms with Gasteiger partial charge in [-0.1, -0.05) is 18.9 Å². The number of nitriles is 1. The summed E-state index contributed by atoms with van der Waals surface area (Å²) in [5.41, 5.74) is 0.646. The highest BCUT2D eigenvalue weighted by atomic mass is 19.4. The first-order valence-electron chi connectivity index (χ1n) is 12.4. The van der Waals surface area contributed by atoms with E-state index in [0.717, 1.165) is 48.2 Å². The molecule has 4 aromatic rings. The lowest BCUT2D eigenvalue weighted by Gasteiger charge is -2.11. The first kappa shape index (κ1) is 27.4. The van der Waals surface area contributed by atoms with Gasteiger partial charge in [0, 0.05) is 31.2 Å². The summed E-state index contributed by atoms with van der Waals surface area (Å²) in [6.07, 6.45) is 4.61. The van der Waals surface area contributed by atoms with Crippen LogP contribution in [-0.2, 0) is 13.2 Å². The molecule has 1 aliphatic rings. The van der Waals surface area contributed by atoms with E-state index >= 15 is 0 Å². The molecule has 8 nitrogen and oxygen atoms in total. The highest BCUT2D eigenvalue weighted by Gasteiger charge is 2.31. The Bertz CT molecular complexity index is 1540. The summed E-state index contributed by atoms with van der Waals surface area (Å²) >= 11 is 0. The molecule has 0 spiro atoms. The predicted molar refractivity (Wildman–Crippen MR) is 139 cm³/mol. The number of alkyl halides is 3. The molecule has 0 atom stereocenters. The van der Waals surface area contributed by atoms with Gasteiger partial charge in [0.1, 0.15) is 5.56 Å². The van der Waals surface area contributed by atoms with E-state index in [1.165, 1.54) is 16.8 Å². The average Bonchev–Trinajstić information content (AvgIpc) is 3.67. The number of nitrogens with zero attached hydrogens (tertiary/aromatic N) is 5. The molecule has 1 fully saturated rings. The molecule has 1 saturated carbocycles. The van der Waals surface area contributed by atoms with Gasteiger partial charge in [0.15, 0.2) is 0 Å². The van der Waals surface area contributed by atoms with Crippen LogP contribution in [0.25, 0.3) is 11.4 Å². The van der Waals surface area contributed by atoms with Crippen LogP contribution in [0.2, 0.25) is 0 Å². The highest BCUT2D eigenvalue weighted by Crippen LogP contribution is 2.30. The second kappa shape index (κ2) is 11.4. The number of amides is 1. The molecule has 0 saturated heterocycles. The number of hydrogen-bond acceptors (Lipinski definition) is 4. The standard InChI is InChI=1S/C18H20F3N3O2.C10H7N3/c1-11-15(16(25)22-13-7-3-4-8-13)17(26)24(23(11)2)14-9-5-6-12(10-14)18(19,20)21;11-7-9-1-3-10(4-2-9)13-6-5-12-8-13/h5-6,9-10,13H,3-4,7-8H2,1-2H3,(H,22,25);1-6,8H. The molecule has 0 radical (unpaired) electrons. The molecular weight excluding hydrogens is 509 g/mol. The topological polar surface area (TPSA) is 97.6 Å². The van der Waals surface area contributed by atoms with Crippen LogP contribution >= 0.6 is 0 Å². The Morgan fingerprint density at radius 1 is 1.10 bits per heavy atom. The number of imidazole rings is 1. The summed E-state index contributed by atoms with van der Waals surface area (Å²) < 4.78 is 43.3. The number of rotatable bonds is 4.